The van der Waals surface area contributed by atoms with Crippen molar-refractivity contribution in [3.63, 3.8) is 0 Å². The quantitative estimate of drug-likeness (QED) is 0.866. The molecule has 0 radical (unpaired) electrons. The second-order valence-electron chi connectivity index (χ2n) is 7.02. The fourth-order valence-electron chi connectivity index (χ4n) is 4.32. The van der Waals surface area contributed by atoms with Gasteiger partial charge in [-0.25, -0.2) is 9.78 Å². The zero-order valence-corrected chi connectivity index (χ0v) is 13.3. The molecular formula is C15H22N2O2S. The van der Waals surface area contributed by atoms with Crippen molar-refractivity contribution in [1.82, 2.24) is 4.98 Å². The number of carbonyl (C=O) groups excluding carboxylic acids is 1. The smallest absolute Gasteiger partial charge is 0.357 e. The minimum atomic E-state index is -0.368. The summed E-state index contributed by atoms with van der Waals surface area (Å²) >= 11 is 1.48. The van der Waals surface area contributed by atoms with Gasteiger partial charge in [0.15, 0.2) is 10.8 Å². The summed E-state index contributed by atoms with van der Waals surface area (Å²) in [5.41, 5.74) is 1.03. The molecule has 2 aliphatic carbocycles. The highest BCUT2D eigenvalue weighted by molar-refractivity contribution is 7.13. The SMILES string of the molecule is COC(=O)c1csc(NC2C3(C)CCC(C3)C2(C)C)n1. The predicted molar refractivity (Wildman–Crippen MR) is 80.1 cm³/mol. The maximum Gasteiger partial charge on any atom is 0.357 e. The van der Waals surface area contributed by atoms with Gasteiger partial charge in [-0.2, -0.15) is 0 Å². The minimum absolute atomic E-state index is 0.282. The van der Waals surface area contributed by atoms with Crippen LogP contribution in [0.5, 0.6) is 0 Å². The Morgan fingerprint density at radius 3 is 2.85 bits per heavy atom. The summed E-state index contributed by atoms with van der Waals surface area (Å²) in [5, 5.41) is 6.19. The number of rotatable bonds is 3. The van der Waals surface area contributed by atoms with Crippen molar-refractivity contribution in [3.05, 3.63) is 11.1 Å². The lowest BCUT2D eigenvalue weighted by Gasteiger charge is -2.43. The number of nitrogens with one attached hydrogen (secondary N) is 1. The van der Waals surface area contributed by atoms with E-state index in [4.69, 9.17) is 4.74 Å². The van der Waals surface area contributed by atoms with E-state index in [0.29, 0.717) is 17.2 Å². The normalized spacial score (nSPS) is 34.2. The Morgan fingerprint density at radius 1 is 1.50 bits per heavy atom. The number of nitrogens with zero attached hydrogens (tertiary/aromatic N) is 1. The molecule has 3 rings (SSSR count). The standard InChI is InChI=1S/C15H22N2O2S/c1-14(2)9-5-6-15(3,7-9)12(14)17-13-16-10(8-20-13)11(18)19-4/h8-9,12H,5-7H2,1-4H3,(H,16,17). The van der Waals surface area contributed by atoms with Gasteiger partial charge in [0.25, 0.3) is 0 Å². The number of esters is 1. The van der Waals surface area contributed by atoms with Gasteiger partial charge in [0.05, 0.1) is 7.11 Å². The molecule has 2 saturated carbocycles. The molecule has 4 nitrogen and oxygen atoms in total. The summed E-state index contributed by atoms with van der Waals surface area (Å²) in [6.45, 7) is 7.09. The van der Waals surface area contributed by atoms with E-state index in [9.17, 15) is 4.79 Å². The highest BCUT2D eigenvalue weighted by Gasteiger charge is 2.59. The first kappa shape index (κ1) is 13.9. The number of aromatic nitrogens is 1. The molecule has 1 aromatic rings. The van der Waals surface area contributed by atoms with E-state index in [1.165, 1.54) is 37.7 Å². The first-order valence-electron chi connectivity index (χ1n) is 7.17. The van der Waals surface area contributed by atoms with Crippen LogP contribution in [-0.4, -0.2) is 24.1 Å². The summed E-state index contributed by atoms with van der Waals surface area (Å²) in [6.07, 6.45) is 3.92. The third-order valence-electron chi connectivity index (χ3n) is 5.44. The molecule has 3 unspecified atom stereocenters. The van der Waals surface area contributed by atoms with E-state index in [-0.39, 0.29) is 11.4 Å². The summed E-state index contributed by atoms with van der Waals surface area (Å²) < 4.78 is 4.71. The molecule has 0 spiro atoms. The molecule has 1 N–H and O–H groups in total. The van der Waals surface area contributed by atoms with E-state index >= 15 is 0 Å². The van der Waals surface area contributed by atoms with Gasteiger partial charge in [-0.1, -0.05) is 20.8 Å². The average Bonchev–Trinajstić information content (AvgIpc) is 3.05. The molecule has 1 aromatic heterocycles. The van der Waals surface area contributed by atoms with Crippen molar-refractivity contribution >= 4 is 22.4 Å². The van der Waals surface area contributed by atoms with E-state index in [2.05, 4.69) is 31.1 Å². The van der Waals surface area contributed by atoms with Gasteiger partial charge in [0, 0.05) is 11.4 Å². The zero-order chi connectivity index (χ0) is 14.5. The Morgan fingerprint density at radius 2 is 2.25 bits per heavy atom. The molecule has 2 aliphatic rings. The predicted octanol–water partition coefficient (Wildman–Crippen LogP) is 3.56. The van der Waals surface area contributed by atoms with E-state index in [1.54, 1.807) is 5.38 Å². The lowest BCUT2D eigenvalue weighted by molar-refractivity contribution is 0.0595. The van der Waals surface area contributed by atoms with E-state index in [1.807, 2.05) is 0 Å². The van der Waals surface area contributed by atoms with Crippen LogP contribution >= 0.6 is 11.3 Å². The van der Waals surface area contributed by atoms with E-state index in [0.717, 1.165) is 11.0 Å². The molecule has 3 atom stereocenters. The van der Waals surface area contributed by atoms with Crippen molar-refractivity contribution in [1.29, 1.82) is 0 Å². The number of ether oxygens (including phenoxy) is 1. The van der Waals surface area contributed by atoms with Crippen molar-refractivity contribution in [3.8, 4) is 0 Å². The molecular weight excluding hydrogens is 272 g/mol. The molecule has 0 amide bonds. The number of hydrogen-bond donors (Lipinski definition) is 1. The van der Waals surface area contributed by atoms with Crippen LogP contribution in [0.1, 0.15) is 50.5 Å². The maximum atomic E-state index is 11.5. The Hall–Kier alpha value is -1.10. The van der Waals surface area contributed by atoms with Gasteiger partial charge in [-0.15, -0.1) is 11.3 Å². The van der Waals surface area contributed by atoms with Crippen molar-refractivity contribution in [2.45, 2.75) is 46.1 Å². The molecule has 2 fully saturated rings. The molecule has 5 heteroatoms. The number of hydrogen-bond acceptors (Lipinski definition) is 5. The molecule has 0 aromatic carbocycles. The third-order valence-corrected chi connectivity index (χ3v) is 6.21. The van der Waals surface area contributed by atoms with Crippen LogP contribution in [0, 0.1) is 16.7 Å². The van der Waals surface area contributed by atoms with Gasteiger partial charge >= 0.3 is 5.97 Å². The second-order valence-corrected chi connectivity index (χ2v) is 7.88. The highest BCUT2D eigenvalue weighted by atomic mass is 32.1. The van der Waals surface area contributed by atoms with Gasteiger partial charge in [0.1, 0.15) is 0 Å². The number of carbonyl (C=O) groups is 1. The average molecular weight is 294 g/mol. The Labute approximate surface area is 123 Å². The minimum Gasteiger partial charge on any atom is -0.464 e. The van der Waals surface area contributed by atoms with Crippen LogP contribution < -0.4 is 5.32 Å². The summed E-state index contributed by atoms with van der Waals surface area (Å²) in [5.74, 6) is 0.428. The number of methoxy groups -OCH3 is 1. The van der Waals surface area contributed by atoms with Crippen LogP contribution in [-0.2, 0) is 4.74 Å². The van der Waals surface area contributed by atoms with Crippen molar-refractivity contribution in [2.75, 3.05) is 12.4 Å². The van der Waals surface area contributed by atoms with Gasteiger partial charge in [-0.05, 0) is 36.0 Å². The fourth-order valence-corrected chi connectivity index (χ4v) is 5.03. The zero-order valence-electron chi connectivity index (χ0n) is 12.5. The molecule has 0 saturated heterocycles. The number of fused-ring (bicyclic) bond motifs is 2. The Bertz CT molecular complexity index is 535. The fraction of sp³-hybridized carbons (Fsp3) is 0.733. The molecule has 2 bridgehead atoms. The van der Waals surface area contributed by atoms with Gasteiger partial charge in [-0.3, -0.25) is 0 Å². The maximum absolute atomic E-state index is 11.5. The topological polar surface area (TPSA) is 51.2 Å². The van der Waals surface area contributed by atoms with Crippen LogP contribution in [0.4, 0.5) is 5.13 Å². The van der Waals surface area contributed by atoms with Crippen LogP contribution in [0.3, 0.4) is 0 Å². The lowest BCUT2D eigenvalue weighted by atomic mass is 9.68. The first-order chi connectivity index (χ1) is 9.37. The summed E-state index contributed by atoms with van der Waals surface area (Å²) in [6, 6.07) is 0.422. The van der Waals surface area contributed by atoms with E-state index < -0.39 is 0 Å². The highest BCUT2D eigenvalue weighted by Crippen LogP contribution is 2.63. The molecule has 110 valence electrons. The monoisotopic (exact) mass is 294 g/mol. The Balaban J connectivity index is 1.81. The van der Waals surface area contributed by atoms with Gasteiger partial charge < -0.3 is 10.1 Å². The second kappa shape index (κ2) is 4.45. The van der Waals surface area contributed by atoms with Crippen molar-refractivity contribution in [2.24, 2.45) is 16.7 Å². The Kier molecular flexibility index (Phi) is 3.08. The number of anilines is 1. The number of thiazole rings is 1. The van der Waals surface area contributed by atoms with Crippen LogP contribution in [0.2, 0.25) is 0 Å². The van der Waals surface area contributed by atoms with Crippen LogP contribution in [0.25, 0.3) is 0 Å². The molecule has 1 heterocycles. The lowest BCUT2D eigenvalue weighted by Crippen LogP contribution is -2.45. The largest absolute Gasteiger partial charge is 0.464 e. The molecule has 0 aliphatic heterocycles. The summed E-state index contributed by atoms with van der Waals surface area (Å²) in [4.78, 5) is 15.8. The summed E-state index contributed by atoms with van der Waals surface area (Å²) in [7, 11) is 1.38. The first-order valence-corrected chi connectivity index (χ1v) is 8.05. The van der Waals surface area contributed by atoms with Crippen molar-refractivity contribution < 1.29 is 9.53 Å². The van der Waals surface area contributed by atoms with Crippen LogP contribution in [0.15, 0.2) is 5.38 Å². The molecule has 20 heavy (non-hydrogen) atoms. The third kappa shape index (κ3) is 1.94. The van der Waals surface area contributed by atoms with Gasteiger partial charge in [0.2, 0.25) is 0 Å².